The number of aromatic nitrogens is 3. The number of hydrogen-bond acceptors (Lipinski definition) is 3. The number of hydrogen-bond donors (Lipinski definition) is 0. The van der Waals surface area contributed by atoms with Crippen molar-refractivity contribution < 1.29 is 13.6 Å². The fourth-order valence-electron chi connectivity index (χ4n) is 4.98. The molecule has 0 amide bonds. The van der Waals surface area contributed by atoms with Gasteiger partial charge in [-0.2, -0.15) is 4.39 Å². The zero-order valence-electron chi connectivity index (χ0n) is 16.5. The van der Waals surface area contributed by atoms with Gasteiger partial charge in [-0.05, 0) is 49.3 Å². The predicted molar refractivity (Wildman–Crippen MR) is 114 cm³/mol. The van der Waals surface area contributed by atoms with Crippen molar-refractivity contribution in [1.29, 1.82) is 0 Å². The summed E-state index contributed by atoms with van der Waals surface area (Å²) in [6.45, 7) is 0. The van der Waals surface area contributed by atoms with Crippen molar-refractivity contribution in [2.24, 2.45) is 5.92 Å². The van der Waals surface area contributed by atoms with E-state index in [1.165, 1.54) is 12.3 Å². The van der Waals surface area contributed by atoms with Gasteiger partial charge in [0.1, 0.15) is 16.6 Å². The molecule has 2 aliphatic rings. The smallest absolute Gasteiger partial charge is 0.232 e. The fraction of sp³-hybridized carbons (Fsp3) is 0.348. The van der Waals surface area contributed by atoms with Gasteiger partial charge in [0.2, 0.25) is 5.95 Å². The summed E-state index contributed by atoms with van der Waals surface area (Å²) in [5.41, 5.74) is 3.13. The van der Waals surface area contributed by atoms with Crippen molar-refractivity contribution in [3.63, 3.8) is 0 Å². The maximum atomic E-state index is 14.0. The first-order chi connectivity index (χ1) is 14.9. The topological polar surface area (TPSA) is 47.8 Å². The molecule has 2 aromatic heterocycles. The van der Waals surface area contributed by atoms with Crippen LogP contribution in [-0.2, 0) is 4.79 Å². The highest BCUT2D eigenvalue weighted by Crippen LogP contribution is 2.46. The minimum absolute atomic E-state index is 0.0316. The van der Waals surface area contributed by atoms with Crippen LogP contribution in [0.4, 0.5) is 8.78 Å². The number of pyridine rings is 1. The molecule has 0 radical (unpaired) electrons. The maximum Gasteiger partial charge on any atom is 0.232 e. The van der Waals surface area contributed by atoms with E-state index in [4.69, 9.17) is 23.2 Å². The Kier molecular flexibility index (Phi) is 5.30. The number of rotatable bonds is 4. The normalized spacial score (nSPS) is 22.3. The number of halogens is 4. The average Bonchev–Trinajstić information content (AvgIpc) is 3.35. The Morgan fingerprint density at radius 3 is 2.65 bits per heavy atom. The van der Waals surface area contributed by atoms with E-state index in [0.29, 0.717) is 5.56 Å². The second-order valence-corrected chi connectivity index (χ2v) is 9.07. The van der Waals surface area contributed by atoms with Gasteiger partial charge < -0.3 is 4.57 Å². The number of carbonyl (C=O) groups excluding carboxylic acids is 1. The molecule has 1 fully saturated rings. The minimum atomic E-state index is -0.727. The number of imidazole rings is 1. The molecular weight excluding hydrogens is 443 g/mol. The van der Waals surface area contributed by atoms with Gasteiger partial charge in [0.25, 0.3) is 0 Å². The van der Waals surface area contributed by atoms with Gasteiger partial charge in [0, 0.05) is 29.7 Å². The van der Waals surface area contributed by atoms with Crippen LogP contribution in [0.5, 0.6) is 0 Å². The summed E-state index contributed by atoms with van der Waals surface area (Å²) in [6, 6.07) is 4.48. The summed E-state index contributed by atoms with van der Waals surface area (Å²) in [5.74, 6) is -0.801. The van der Waals surface area contributed by atoms with Crippen molar-refractivity contribution in [2.45, 2.75) is 44.1 Å². The van der Waals surface area contributed by atoms with E-state index < -0.39 is 11.8 Å². The Hall–Kier alpha value is -2.31. The Labute approximate surface area is 188 Å². The van der Waals surface area contributed by atoms with E-state index in [0.717, 1.165) is 42.5 Å². The molecule has 160 valence electrons. The number of benzene rings is 1. The molecule has 1 unspecified atom stereocenters. The highest BCUT2D eigenvalue weighted by Gasteiger charge is 2.36. The number of Topliss-reactive ketones (excluding diaryl/α,β-unsaturated/α-hetero) is 1. The van der Waals surface area contributed by atoms with Crippen molar-refractivity contribution in [3.8, 4) is 11.3 Å². The molecule has 3 heterocycles. The number of fused-ring (bicyclic) bond motifs is 3. The molecule has 5 rings (SSSR count). The van der Waals surface area contributed by atoms with E-state index in [1.807, 2.05) is 4.57 Å². The molecule has 0 N–H and O–H groups in total. The van der Waals surface area contributed by atoms with Gasteiger partial charge >= 0.3 is 0 Å². The van der Waals surface area contributed by atoms with Crippen LogP contribution in [0, 0.1) is 17.7 Å². The van der Waals surface area contributed by atoms with Gasteiger partial charge in [-0.25, -0.2) is 14.4 Å². The lowest BCUT2D eigenvalue weighted by Gasteiger charge is -2.29. The molecule has 3 aromatic rings. The second kappa shape index (κ2) is 7.99. The number of ketones is 1. The molecule has 1 atom stereocenters. The van der Waals surface area contributed by atoms with E-state index in [9.17, 15) is 13.6 Å². The lowest BCUT2D eigenvalue weighted by Crippen LogP contribution is -2.24. The fourth-order valence-corrected chi connectivity index (χ4v) is 5.45. The van der Waals surface area contributed by atoms with Crippen molar-refractivity contribution in [1.82, 2.24) is 14.5 Å². The molecule has 8 heteroatoms. The molecule has 0 bridgehead atoms. The van der Waals surface area contributed by atoms with Crippen LogP contribution in [-0.4, -0.2) is 20.3 Å². The standard InChI is InChI=1S/C23H19Cl2F2N3O/c24-16-7-14(5-6-17(16)26)12-1-3-13(4-2-12)20(31)8-18-21-15(9-29-23(27)22(21)25)19-10-28-11-30(18)19/h5-7,9-13,18H,1-4,8H2. The van der Waals surface area contributed by atoms with Gasteiger partial charge in [-0.15, -0.1) is 0 Å². The summed E-state index contributed by atoms with van der Waals surface area (Å²) >= 11 is 12.2. The van der Waals surface area contributed by atoms with Crippen molar-refractivity contribution >= 4 is 29.0 Å². The first kappa shape index (κ1) is 20.6. The molecule has 31 heavy (non-hydrogen) atoms. The lowest BCUT2D eigenvalue weighted by molar-refractivity contribution is -0.124. The Morgan fingerprint density at radius 1 is 1.13 bits per heavy atom. The van der Waals surface area contributed by atoms with Crippen LogP contribution >= 0.6 is 23.2 Å². The summed E-state index contributed by atoms with van der Waals surface area (Å²) in [6.07, 6.45) is 8.21. The molecule has 1 aliphatic heterocycles. The quantitative estimate of drug-likeness (QED) is 0.424. The molecule has 1 aliphatic carbocycles. The van der Waals surface area contributed by atoms with Crippen molar-refractivity contribution in [2.75, 3.05) is 0 Å². The average molecular weight is 462 g/mol. The third-order valence-electron chi connectivity index (χ3n) is 6.62. The third-order valence-corrected chi connectivity index (χ3v) is 7.27. The van der Waals surface area contributed by atoms with E-state index in [-0.39, 0.29) is 40.1 Å². The first-order valence-corrected chi connectivity index (χ1v) is 11.0. The van der Waals surface area contributed by atoms with Crippen LogP contribution in [0.1, 0.15) is 55.2 Å². The highest BCUT2D eigenvalue weighted by atomic mass is 35.5. The zero-order chi connectivity index (χ0) is 21.7. The van der Waals surface area contributed by atoms with Crippen LogP contribution in [0.25, 0.3) is 11.3 Å². The predicted octanol–water partition coefficient (Wildman–Crippen LogP) is 6.37. The molecule has 0 saturated heterocycles. The Morgan fingerprint density at radius 2 is 1.90 bits per heavy atom. The minimum Gasteiger partial charge on any atom is -0.322 e. The summed E-state index contributed by atoms with van der Waals surface area (Å²) in [4.78, 5) is 21.1. The van der Waals surface area contributed by atoms with Crippen LogP contribution in [0.3, 0.4) is 0 Å². The van der Waals surface area contributed by atoms with Crippen LogP contribution in [0.15, 0.2) is 36.9 Å². The van der Waals surface area contributed by atoms with Gasteiger partial charge in [0.15, 0.2) is 0 Å². The first-order valence-electron chi connectivity index (χ1n) is 10.3. The van der Waals surface area contributed by atoms with Gasteiger partial charge in [-0.3, -0.25) is 4.79 Å². The Bertz CT molecular complexity index is 1170. The summed E-state index contributed by atoms with van der Waals surface area (Å²) in [7, 11) is 0. The van der Waals surface area contributed by atoms with Crippen molar-refractivity contribution in [3.05, 3.63) is 69.9 Å². The molecule has 1 saturated carbocycles. The number of nitrogens with zero attached hydrogens (tertiary/aromatic N) is 3. The van der Waals surface area contributed by atoms with Gasteiger partial charge in [-0.1, -0.05) is 29.3 Å². The van der Waals surface area contributed by atoms with Crippen LogP contribution < -0.4 is 0 Å². The third kappa shape index (κ3) is 3.56. The lowest BCUT2D eigenvalue weighted by atomic mass is 9.76. The number of carbonyl (C=O) groups is 1. The van der Waals surface area contributed by atoms with E-state index >= 15 is 0 Å². The molecule has 0 spiro atoms. The van der Waals surface area contributed by atoms with E-state index in [1.54, 1.807) is 24.7 Å². The second-order valence-electron chi connectivity index (χ2n) is 8.28. The monoisotopic (exact) mass is 461 g/mol. The van der Waals surface area contributed by atoms with Gasteiger partial charge in [0.05, 0.1) is 29.3 Å². The molecule has 1 aromatic carbocycles. The highest BCUT2D eigenvalue weighted by molar-refractivity contribution is 6.32. The molecule has 4 nitrogen and oxygen atoms in total. The molecular formula is C23H19Cl2F2N3O. The SMILES string of the molecule is O=C(CC1c2c(cnc(F)c2Cl)-c2cncn21)C1CCC(c2ccc(F)c(Cl)c2)CC1. The van der Waals surface area contributed by atoms with E-state index in [2.05, 4.69) is 9.97 Å². The summed E-state index contributed by atoms with van der Waals surface area (Å²) in [5, 5.41) is 0.0984. The zero-order valence-corrected chi connectivity index (χ0v) is 18.0. The van der Waals surface area contributed by atoms with Crippen LogP contribution in [0.2, 0.25) is 10.0 Å². The Balaban J connectivity index is 1.31. The largest absolute Gasteiger partial charge is 0.322 e. The maximum absolute atomic E-state index is 14.0. The summed E-state index contributed by atoms with van der Waals surface area (Å²) < 4.78 is 29.4.